The average molecular weight is 101 g/mol. The summed E-state index contributed by atoms with van der Waals surface area (Å²) in [5, 5.41) is 16.2. The van der Waals surface area contributed by atoms with E-state index in [2.05, 4.69) is 6.58 Å². The van der Waals surface area contributed by atoms with Crippen molar-refractivity contribution in [1.82, 2.24) is 0 Å². The minimum atomic E-state index is -0.514. The lowest BCUT2D eigenvalue weighted by atomic mass is 10.3. The largest absolute Gasteiger partial charge is 0.361 e. The molecule has 0 saturated heterocycles. The maximum atomic E-state index is 8.11. The standard InChI is InChI=1S/C5H9O2/c1-2-3-4-5(6)7/h2,6-7H,1,3-4H2. The fourth-order valence-corrected chi connectivity index (χ4v) is 0.231. The van der Waals surface area contributed by atoms with E-state index in [9.17, 15) is 0 Å². The molecule has 2 heteroatoms. The second-order valence-electron chi connectivity index (χ2n) is 1.24. The lowest BCUT2D eigenvalue weighted by Crippen LogP contribution is -1.89. The van der Waals surface area contributed by atoms with Crippen molar-refractivity contribution in [1.29, 1.82) is 0 Å². The van der Waals surface area contributed by atoms with Crippen LogP contribution in [0.4, 0.5) is 0 Å². The summed E-state index contributed by atoms with van der Waals surface area (Å²) in [5.41, 5.74) is 0. The smallest absolute Gasteiger partial charge is 0.218 e. The SMILES string of the molecule is C=CCC[C](O)O. The lowest BCUT2D eigenvalue weighted by Gasteiger charge is -1.93. The molecular weight excluding hydrogens is 92.1 g/mol. The van der Waals surface area contributed by atoms with E-state index in [1.54, 1.807) is 6.08 Å². The molecule has 0 spiro atoms. The first-order valence-electron chi connectivity index (χ1n) is 2.12. The second-order valence-corrected chi connectivity index (χ2v) is 1.24. The highest BCUT2D eigenvalue weighted by Gasteiger charge is 1.93. The topological polar surface area (TPSA) is 40.5 Å². The van der Waals surface area contributed by atoms with Crippen molar-refractivity contribution in [2.75, 3.05) is 0 Å². The van der Waals surface area contributed by atoms with E-state index in [0.717, 1.165) is 0 Å². The van der Waals surface area contributed by atoms with Gasteiger partial charge in [-0.25, -0.2) is 0 Å². The lowest BCUT2D eigenvalue weighted by molar-refractivity contribution is 0.0733. The van der Waals surface area contributed by atoms with Gasteiger partial charge in [0.2, 0.25) is 6.29 Å². The van der Waals surface area contributed by atoms with Crippen LogP contribution in [0, 0.1) is 6.29 Å². The zero-order chi connectivity index (χ0) is 5.70. The van der Waals surface area contributed by atoms with Crippen LogP contribution < -0.4 is 0 Å². The molecule has 0 bridgehead atoms. The normalized spacial score (nSPS) is 9.57. The van der Waals surface area contributed by atoms with Gasteiger partial charge < -0.3 is 10.2 Å². The van der Waals surface area contributed by atoms with E-state index in [4.69, 9.17) is 10.2 Å². The molecule has 41 valence electrons. The second kappa shape index (κ2) is 3.84. The van der Waals surface area contributed by atoms with Crippen LogP contribution in [0.1, 0.15) is 12.8 Å². The van der Waals surface area contributed by atoms with Crippen molar-refractivity contribution in [2.24, 2.45) is 0 Å². The van der Waals surface area contributed by atoms with E-state index in [-0.39, 0.29) is 0 Å². The maximum absolute atomic E-state index is 8.11. The molecule has 0 atom stereocenters. The Bertz CT molecular complexity index is 50.0. The number of allylic oxidation sites excluding steroid dienone is 1. The van der Waals surface area contributed by atoms with Crippen LogP contribution in [-0.2, 0) is 0 Å². The van der Waals surface area contributed by atoms with Gasteiger partial charge in [-0.15, -0.1) is 6.58 Å². The zero-order valence-corrected chi connectivity index (χ0v) is 4.09. The molecule has 0 aliphatic carbocycles. The number of rotatable bonds is 3. The third-order valence-electron chi connectivity index (χ3n) is 0.572. The molecule has 7 heavy (non-hydrogen) atoms. The third kappa shape index (κ3) is 5.66. The molecule has 0 heterocycles. The molecule has 0 aliphatic rings. The molecule has 2 N–H and O–H groups in total. The van der Waals surface area contributed by atoms with E-state index >= 15 is 0 Å². The van der Waals surface area contributed by atoms with Gasteiger partial charge in [-0.05, 0) is 6.42 Å². The van der Waals surface area contributed by atoms with Crippen LogP contribution in [0.25, 0.3) is 0 Å². The van der Waals surface area contributed by atoms with Crippen LogP contribution in [0.2, 0.25) is 0 Å². The molecule has 0 unspecified atom stereocenters. The van der Waals surface area contributed by atoms with Crippen LogP contribution in [0.15, 0.2) is 12.7 Å². The molecule has 0 aliphatic heterocycles. The van der Waals surface area contributed by atoms with Gasteiger partial charge >= 0.3 is 0 Å². The summed E-state index contributed by atoms with van der Waals surface area (Å²) >= 11 is 0. The summed E-state index contributed by atoms with van der Waals surface area (Å²) in [6.45, 7) is 3.40. The van der Waals surface area contributed by atoms with Crippen molar-refractivity contribution in [3.63, 3.8) is 0 Å². The van der Waals surface area contributed by atoms with Gasteiger partial charge in [0.1, 0.15) is 0 Å². The van der Waals surface area contributed by atoms with Gasteiger partial charge in [0.15, 0.2) is 0 Å². The fraction of sp³-hybridized carbons (Fsp3) is 0.400. The first-order chi connectivity index (χ1) is 3.27. The van der Waals surface area contributed by atoms with Crippen LogP contribution in [-0.4, -0.2) is 10.2 Å². The highest BCUT2D eigenvalue weighted by Crippen LogP contribution is 1.98. The highest BCUT2D eigenvalue weighted by molar-refractivity contribution is 4.70. The van der Waals surface area contributed by atoms with Gasteiger partial charge in [0, 0.05) is 6.42 Å². The Hall–Kier alpha value is -0.340. The maximum Gasteiger partial charge on any atom is 0.218 e. The minimum absolute atomic E-state index is 0.309. The van der Waals surface area contributed by atoms with E-state index < -0.39 is 6.29 Å². The predicted molar refractivity (Wildman–Crippen MR) is 26.5 cm³/mol. The first kappa shape index (κ1) is 6.66. The number of aliphatic hydroxyl groups excluding tert-OH is 1. The summed E-state index contributed by atoms with van der Waals surface area (Å²) in [6, 6.07) is 0. The monoisotopic (exact) mass is 101 g/mol. The summed E-state index contributed by atoms with van der Waals surface area (Å²) in [4.78, 5) is 0. The highest BCUT2D eigenvalue weighted by atomic mass is 16.5. The molecule has 0 fully saturated rings. The Labute approximate surface area is 43.1 Å². The average Bonchev–Trinajstić information content (AvgIpc) is 1.61. The van der Waals surface area contributed by atoms with Crippen LogP contribution in [0.5, 0.6) is 0 Å². The minimum Gasteiger partial charge on any atom is -0.361 e. The fourth-order valence-electron chi connectivity index (χ4n) is 0.231. The third-order valence-corrected chi connectivity index (χ3v) is 0.572. The molecule has 0 aromatic carbocycles. The van der Waals surface area contributed by atoms with E-state index in [0.29, 0.717) is 12.8 Å². The predicted octanol–water partition coefficient (Wildman–Crippen LogP) is 1.19. The molecule has 0 saturated carbocycles. The first-order valence-corrected chi connectivity index (χ1v) is 2.12. The Morgan fingerprint density at radius 2 is 2.14 bits per heavy atom. The molecular formula is C5H9O2. The van der Waals surface area contributed by atoms with Crippen LogP contribution >= 0.6 is 0 Å². The summed E-state index contributed by atoms with van der Waals surface area (Å²) < 4.78 is 0. The molecule has 0 rings (SSSR count). The van der Waals surface area contributed by atoms with Gasteiger partial charge in [-0.1, -0.05) is 6.08 Å². The molecule has 1 radical (unpaired) electrons. The Morgan fingerprint density at radius 3 is 2.29 bits per heavy atom. The van der Waals surface area contributed by atoms with Crippen molar-refractivity contribution in [2.45, 2.75) is 12.8 Å². The van der Waals surface area contributed by atoms with Gasteiger partial charge in [0.25, 0.3) is 0 Å². The molecule has 0 aromatic rings. The zero-order valence-electron chi connectivity index (χ0n) is 4.09. The van der Waals surface area contributed by atoms with Gasteiger partial charge in [-0.3, -0.25) is 0 Å². The summed E-state index contributed by atoms with van der Waals surface area (Å²) in [7, 11) is 0. The van der Waals surface area contributed by atoms with Crippen LogP contribution in [0.3, 0.4) is 0 Å². The summed E-state index contributed by atoms with van der Waals surface area (Å²) in [6.07, 6.45) is 2.05. The quantitative estimate of drug-likeness (QED) is 0.524. The van der Waals surface area contributed by atoms with Crippen molar-refractivity contribution in [3.05, 3.63) is 18.9 Å². The van der Waals surface area contributed by atoms with E-state index in [1.807, 2.05) is 0 Å². The molecule has 0 amide bonds. The number of hydrogen-bond acceptors (Lipinski definition) is 2. The van der Waals surface area contributed by atoms with Gasteiger partial charge in [-0.2, -0.15) is 0 Å². The number of aliphatic hydroxyl groups is 2. The van der Waals surface area contributed by atoms with Gasteiger partial charge in [0.05, 0.1) is 0 Å². The Kier molecular flexibility index (Phi) is 3.65. The number of hydrogen-bond donors (Lipinski definition) is 2. The molecule has 2 nitrogen and oxygen atoms in total. The van der Waals surface area contributed by atoms with E-state index in [1.165, 1.54) is 0 Å². The van der Waals surface area contributed by atoms with Crippen molar-refractivity contribution in [3.8, 4) is 0 Å². The molecule has 0 aromatic heterocycles. The Balaban J connectivity index is 2.81. The Morgan fingerprint density at radius 1 is 1.57 bits per heavy atom. The van der Waals surface area contributed by atoms with Crippen molar-refractivity contribution >= 4 is 0 Å². The van der Waals surface area contributed by atoms with Crippen molar-refractivity contribution < 1.29 is 10.2 Å². The summed E-state index contributed by atoms with van der Waals surface area (Å²) in [5.74, 6) is 0.